The van der Waals surface area contributed by atoms with Crippen molar-refractivity contribution in [2.24, 2.45) is 0 Å². The predicted octanol–water partition coefficient (Wildman–Crippen LogP) is 4.59. The van der Waals surface area contributed by atoms with Crippen LogP contribution in [0.5, 0.6) is 0 Å². The van der Waals surface area contributed by atoms with Crippen molar-refractivity contribution in [3.05, 3.63) is 65.4 Å². The number of hydrogen-bond donors (Lipinski definition) is 3. The van der Waals surface area contributed by atoms with Crippen molar-refractivity contribution >= 4 is 16.6 Å². The van der Waals surface area contributed by atoms with Crippen LogP contribution in [-0.2, 0) is 6.42 Å². The molecule has 0 aliphatic carbocycles. The summed E-state index contributed by atoms with van der Waals surface area (Å²) in [5.41, 5.74) is 5.04. The molecule has 0 saturated carbocycles. The number of rotatable bonds is 9. The number of alkyl halides is 3. The summed E-state index contributed by atoms with van der Waals surface area (Å²) in [6, 6.07) is 15.9. The Bertz CT molecular complexity index is 1140. The number of nitrogens with zero attached hydrogens (tertiary/aromatic N) is 2. The average Bonchev–Trinajstić information content (AvgIpc) is 3.19. The number of anilines is 1. The average molecular weight is 487 g/mol. The number of halogens is 3. The molecule has 0 unspecified atom stereocenters. The molecule has 3 N–H and O–H groups in total. The van der Waals surface area contributed by atoms with Crippen LogP contribution in [0.4, 0.5) is 18.9 Å². The van der Waals surface area contributed by atoms with E-state index < -0.39 is 19.1 Å². The third-order valence-corrected chi connectivity index (χ3v) is 7.32. The second-order valence-corrected chi connectivity index (χ2v) is 9.97. The number of aromatic nitrogens is 1. The summed E-state index contributed by atoms with van der Waals surface area (Å²) in [4.78, 5) is 7.55. The number of aromatic amines is 1. The van der Waals surface area contributed by atoms with Crippen molar-refractivity contribution in [1.29, 1.82) is 0 Å². The highest BCUT2D eigenvalue weighted by atomic mass is 19.3. The first-order valence-electron chi connectivity index (χ1n) is 12.4. The number of likely N-dealkylation sites (tertiary alicyclic amines) is 1. The van der Waals surface area contributed by atoms with E-state index in [4.69, 9.17) is 0 Å². The number of para-hydroxylation sites is 1. The number of hydrogen-bond acceptors (Lipinski definition) is 4. The van der Waals surface area contributed by atoms with Crippen LogP contribution in [0.1, 0.15) is 36.2 Å². The van der Waals surface area contributed by atoms with Crippen LogP contribution in [0.25, 0.3) is 10.9 Å². The van der Waals surface area contributed by atoms with Crippen molar-refractivity contribution in [2.45, 2.75) is 43.8 Å². The molecule has 2 aromatic carbocycles. The zero-order chi connectivity index (χ0) is 24.6. The summed E-state index contributed by atoms with van der Waals surface area (Å²) in [5, 5.41) is 13.9. The SMILES string of the molecule is C[C@@H]1Cc2c([nH]c3ccccc23)[C@@H](c2ccc(NC3CN(CCCF)C3)cc2)N1CC(F)(F)CO. The molecule has 188 valence electrons. The summed E-state index contributed by atoms with van der Waals surface area (Å²) >= 11 is 0. The Morgan fingerprint density at radius 1 is 1.11 bits per heavy atom. The van der Waals surface area contributed by atoms with Gasteiger partial charge in [-0.05, 0) is 49.1 Å². The molecular weight excluding hydrogens is 453 g/mol. The van der Waals surface area contributed by atoms with Gasteiger partial charge in [0, 0.05) is 48.0 Å². The second kappa shape index (κ2) is 9.84. The highest BCUT2D eigenvalue weighted by Crippen LogP contribution is 2.42. The van der Waals surface area contributed by atoms with Gasteiger partial charge in [0.25, 0.3) is 5.92 Å². The van der Waals surface area contributed by atoms with Crippen LogP contribution < -0.4 is 5.32 Å². The third-order valence-electron chi connectivity index (χ3n) is 7.32. The zero-order valence-electron chi connectivity index (χ0n) is 20.0. The first-order valence-corrected chi connectivity index (χ1v) is 12.4. The van der Waals surface area contributed by atoms with Crippen molar-refractivity contribution in [3.8, 4) is 0 Å². The van der Waals surface area contributed by atoms with Crippen LogP contribution in [0.2, 0.25) is 0 Å². The van der Waals surface area contributed by atoms with E-state index in [0.29, 0.717) is 18.9 Å². The molecule has 1 aromatic heterocycles. The maximum absolute atomic E-state index is 14.4. The quantitative estimate of drug-likeness (QED) is 0.414. The Morgan fingerprint density at radius 2 is 1.86 bits per heavy atom. The zero-order valence-corrected chi connectivity index (χ0v) is 20.0. The lowest BCUT2D eigenvalue weighted by atomic mass is 9.88. The van der Waals surface area contributed by atoms with Gasteiger partial charge >= 0.3 is 0 Å². The number of aliphatic hydroxyl groups excluding tert-OH is 1. The largest absolute Gasteiger partial charge is 0.390 e. The summed E-state index contributed by atoms with van der Waals surface area (Å²) in [7, 11) is 0. The van der Waals surface area contributed by atoms with Crippen molar-refractivity contribution in [3.63, 3.8) is 0 Å². The highest BCUT2D eigenvalue weighted by Gasteiger charge is 2.41. The highest BCUT2D eigenvalue weighted by molar-refractivity contribution is 5.85. The molecule has 0 bridgehead atoms. The fourth-order valence-electron chi connectivity index (χ4n) is 5.55. The smallest absolute Gasteiger partial charge is 0.283 e. The number of aliphatic hydroxyl groups is 1. The molecule has 3 aromatic rings. The summed E-state index contributed by atoms with van der Waals surface area (Å²) < 4.78 is 41.2. The van der Waals surface area contributed by atoms with Gasteiger partial charge in [-0.25, -0.2) is 8.78 Å². The molecule has 2 atom stereocenters. The molecule has 1 fully saturated rings. The van der Waals surface area contributed by atoms with E-state index in [2.05, 4.69) is 21.3 Å². The fourth-order valence-corrected chi connectivity index (χ4v) is 5.55. The van der Waals surface area contributed by atoms with E-state index in [1.54, 1.807) is 0 Å². The standard InChI is InChI=1S/C27H33F3N4O/c1-18-13-23-22-5-2-3-6-24(22)32-25(23)26(34(18)16-27(29,30)17-35)19-7-9-20(10-8-19)31-21-14-33(15-21)12-4-11-28/h2-3,5-10,18,21,26,31-32,35H,4,11-17H2,1H3/t18-,26-/m1/s1. The third kappa shape index (κ3) is 4.92. The van der Waals surface area contributed by atoms with Gasteiger partial charge in [-0.2, -0.15) is 0 Å². The maximum atomic E-state index is 14.4. The van der Waals surface area contributed by atoms with Crippen molar-refractivity contribution in [1.82, 2.24) is 14.8 Å². The van der Waals surface area contributed by atoms with Gasteiger partial charge in [0.15, 0.2) is 0 Å². The lowest BCUT2D eigenvalue weighted by molar-refractivity contribution is -0.0864. The van der Waals surface area contributed by atoms with E-state index >= 15 is 0 Å². The van der Waals surface area contributed by atoms with Gasteiger partial charge in [0.1, 0.15) is 6.61 Å². The minimum absolute atomic E-state index is 0.118. The number of H-pyrrole nitrogens is 1. The Labute approximate surface area is 203 Å². The topological polar surface area (TPSA) is 54.5 Å². The Balaban J connectivity index is 1.41. The van der Waals surface area contributed by atoms with Crippen LogP contribution in [0.3, 0.4) is 0 Å². The van der Waals surface area contributed by atoms with Crippen LogP contribution in [-0.4, -0.2) is 77.4 Å². The van der Waals surface area contributed by atoms with Gasteiger partial charge in [-0.1, -0.05) is 30.3 Å². The van der Waals surface area contributed by atoms with E-state index in [9.17, 15) is 18.3 Å². The van der Waals surface area contributed by atoms with Crippen molar-refractivity contribution in [2.75, 3.05) is 44.8 Å². The molecule has 0 amide bonds. The predicted molar refractivity (Wildman–Crippen MR) is 133 cm³/mol. The molecule has 3 heterocycles. The normalized spacial score (nSPS) is 21.7. The molecule has 5 nitrogen and oxygen atoms in total. The van der Waals surface area contributed by atoms with Crippen LogP contribution in [0.15, 0.2) is 48.5 Å². The minimum atomic E-state index is -3.18. The Kier molecular flexibility index (Phi) is 6.79. The number of nitrogens with one attached hydrogen (secondary N) is 2. The van der Waals surface area contributed by atoms with E-state index in [1.165, 1.54) is 5.56 Å². The Hall–Kier alpha value is -2.55. The van der Waals surface area contributed by atoms with Crippen molar-refractivity contribution < 1.29 is 18.3 Å². The minimum Gasteiger partial charge on any atom is -0.390 e. The first-order chi connectivity index (χ1) is 16.9. The molecule has 0 spiro atoms. The molecular formula is C27H33F3N4O. The second-order valence-electron chi connectivity index (χ2n) is 9.97. The maximum Gasteiger partial charge on any atom is 0.283 e. The molecule has 5 rings (SSSR count). The number of benzene rings is 2. The monoisotopic (exact) mass is 486 g/mol. The van der Waals surface area contributed by atoms with Crippen LogP contribution in [0, 0.1) is 0 Å². The fraction of sp³-hybridized carbons (Fsp3) is 0.481. The molecule has 2 aliphatic rings. The van der Waals surface area contributed by atoms with Gasteiger partial charge < -0.3 is 15.4 Å². The van der Waals surface area contributed by atoms with Gasteiger partial charge in [-0.15, -0.1) is 0 Å². The molecule has 8 heteroatoms. The van der Waals surface area contributed by atoms with Crippen LogP contribution >= 0.6 is 0 Å². The van der Waals surface area contributed by atoms with Gasteiger partial charge in [0.2, 0.25) is 0 Å². The van der Waals surface area contributed by atoms with E-state index in [-0.39, 0.29) is 18.8 Å². The lowest BCUT2D eigenvalue weighted by Gasteiger charge is -2.42. The molecule has 1 saturated heterocycles. The summed E-state index contributed by atoms with van der Waals surface area (Å²) in [6.45, 7) is 2.58. The van der Waals surface area contributed by atoms with E-state index in [1.807, 2.05) is 54.3 Å². The molecule has 0 radical (unpaired) electrons. The number of fused-ring (bicyclic) bond motifs is 3. The lowest BCUT2D eigenvalue weighted by Crippen LogP contribution is -2.54. The van der Waals surface area contributed by atoms with Gasteiger partial charge in [0.05, 0.1) is 25.3 Å². The Morgan fingerprint density at radius 3 is 2.57 bits per heavy atom. The van der Waals surface area contributed by atoms with E-state index in [0.717, 1.165) is 47.5 Å². The first kappa shape index (κ1) is 24.2. The molecule has 2 aliphatic heterocycles. The summed E-state index contributed by atoms with van der Waals surface area (Å²) in [5.74, 6) is -3.18. The molecule has 35 heavy (non-hydrogen) atoms. The summed E-state index contributed by atoms with van der Waals surface area (Å²) in [6.07, 6.45) is 1.24. The van der Waals surface area contributed by atoms with Gasteiger partial charge in [-0.3, -0.25) is 14.2 Å².